The SMILES string of the molecule is Cc1nnc(CNCC2(C)CC2)n1C. The van der Waals surface area contributed by atoms with Gasteiger partial charge in [0.25, 0.3) is 0 Å². The maximum Gasteiger partial charge on any atom is 0.146 e. The first-order valence-electron chi connectivity index (χ1n) is 5.16. The van der Waals surface area contributed by atoms with Gasteiger partial charge in [-0.3, -0.25) is 0 Å². The van der Waals surface area contributed by atoms with Crippen LogP contribution in [0.4, 0.5) is 0 Å². The monoisotopic (exact) mass is 194 g/mol. The van der Waals surface area contributed by atoms with E-state index in [1.54, 1.807) is 0 Å². The normalized spacial score (nSPS) is 18.5. The highest BCUT2D eigenvalue weighted by Crippen LogP contribution is 2.44. The molecule has 4 nitrogen and oxygen atoms in total. The van der Waals surface area contributed by atoms with Crippen LogP contribution >= 0.6 is 0 Å². The van der Waals surface area contributed by atoms with Crippen LogP contribution < -0.4 is 5.32 Å². The second kappa shape index (κ2) is 3.35. The number of rotatable bonds is 4. The molecule has 1 aliphatic carbocycles. The van der Waals surface area contributed by atoms with Crippen LogP contribution in [0.5, 0.6) is 0 Å². The van der Waals surface area contributed by atoms with E-state index in [0.717, 1.165) is 24.7 Å². The van der Waals surface area contributed by atoms with Crippen molar-refractivity contribution in [2.45, 2.75) is 33.2 Å². The first kappa shape index (κ1) is 9.65. The zero-order valence-corrected chi connectivity index (χ0v) is 9.17. The smallest absolute Gasteiger partial charge is 0.146 e. The molecule has 1 fully saturated rings. The van der Waals surface area contributed by atoms with Gasteiger partial charge in [0.2, 0.25) is 0 Å². The van der Waals surface area contributed by atoms with Crippen molar-refractivity contribution in [1.29, 1.82) is 0 Å². The molecular weight excluding hydrogens is 176 g/mol. The van der Waals surface area contributed by atoms with E-state index in [0.29, 0.717) is 5.41 Å². The zero-order chi connectivity index (χ0) is 10.2. The van der Waals surface area contributed by atoms with Crippen molar-refractivity contribution in [3.05, 3.63) is 11.6 Å². The Morgan fingerprint density at radius 2 is 2.14 bits per heavy atom. The molecule has 78 valence electrons. The molecule has 0 radical (unpaired) electrons. The molecule has 0 spiro atoms. The molecule has 14 heavy (non-hydrogen) atoms. The summed E-state index contributed by atoms with van der Waals surface area (Å²) in [6.07, 6.45) is 2.72. The van der Waals surface area contributed by atoms with Crippen molar-refractivity contribution in [2.24, 2.45) is 12.5 Å². The molecule has 1 aromatic rings. The van der Waals surface area contributed by atoms with Gasteiger partial charge in [0.1, 0.15) is 11.6 Å². The van der Waals surface area contributed by atoms with Gasteiger partial charge >= 0.3 is 0 Å². The predicted octanol–water partition coefficient (Wildman–Crippen LogP) is 1.01. The lowest BCUT2D eigenvalue weighted by molar-refractivity contribution is 0.489. The van der Waals surface area contributed by atoms with Gasteiger partial charge in [0.15, 0.2) is 0 Å². The molecule has 1 heterocycles. The van der Waals surface area contributed by atoms with Gasteiger partial charge in [-0.15, -0.1) is 10.2 Å². The second-order valence-corrected chi connectivity index (χ2v) is 4.64. The topological polar surface area (TPSA) is 42.7 Å². The molecular formula is C10H18N4. The largest absolute Gasteiger partial charge is 0.317 e. The Labute approximate surface area is 84.7 Å². The lowest BCUT2D eigenvalue weighted by Crippen LogP contribution is -2.23. The summed E-state index contributed by atoms with van der Waals surface area (Å²) in [5.74, 6) is 1.99. The molecule has 0 saturated heterocycles. The maximum atomic E-state index is 4.11. The summed E-state index contributed by atoms with van der Waals surface area (Å²) >= 11 is 0. The van der Waals surface area contributed by atoms with Crippen molar-refractivity contribution < 1.29 is 0 Å². The quantitative estimate of drug-likeness (QED) is 0.778. The Morgan fingerprint density at radius 3 is 2.64 bits per heavy atom. The number of aromatic nitrogens is 3. The molecule has 0 bridgehead atoms. The second-order valence-electron chi connectivity index (χ2n) is 4.64. The van der Waals surface area contributed by atoms with Crippen LogP contribution in [0.15, 0.2) is 0 Å². The van der Waals surface area contributed by atoms with Gasteiger partial charge in [-0.1, -0.05) is 6.92 Å². The van der Waals surface area contributed by atoms with E-state index in [9.17, 15) is 0 Å². The van der Waals surface area contributed by atoms with Crippen molar-refractivity contribution in [3.8, 4) is 0 Å². The molecule has 1 aromatic heterocycles. The summed E-state index contributed by atoms with van der Waals surface area (Å²) in [5, 5.41) is 11.6. The van der Waals surface area contributed by atoms with Gasteiger partial charge in [-0.2, -0.15) is 0 Å². The standard InChI is InChI=1S/C10H18N4/c1-8-12-13-9(14(8)3)6-11-7-10(2)4-5-10/h11H,4-7H2,1-3H3. The van der Waals surface area contributed by atoms with E-state index in [2.05, 4.69) is 22.4 Å². The van der Waals surface area contributed by atoms with Crippen LogP contribution in [0, 0.1) is 12.3 Å². The minimum Gasteiger partial charge on any atom is -0.317 e. The summed E-state index contributed by atoms with van der Waals surface area (Å²) < 4.78 is 2.03. The molecule has 0 amide bonds. The van der Waals surface area contributed by atoms with Crippen LogP contribution in [0.1, 0.15) is 31.4 Å². The molecule has 4 heteroatoms. The number of nitrogens with zero attached hydrogens (tertiary/aromatic N) is 3. The Kier molecular flexibility index (Phi) is 2.31. The summed E-state index contributed by atoms with van der Waals surface area (Å²) in [5.41, 5.74) is 0.563. The van der Waals surface area contributed by atoms with Gasteiger partial charge in [0.05, 0.1) is 6.54 Å². The van der Waals surface area contributed by atoms with E-state index in [4.69, 9.17) is 0 Å². The highest BCUT2D eigenvalue weighted by Gasteiger charge is 2.36. The number of aryl methyl sites for hydroxylation is 1. The summed E-state index contributed by atoms with van der Waals surface area (Å²) in [7, 11) is 2.01. The van der Waals surface area contributed by atoms with Crippen molar-refractivity contribution in [1.82, 2.24) is 20.1 Å². The predicted molar refractivity (Wildman–Crippen MR) is 54.8 cm³/mol. The Bertz CT molecular complexity index is 325. The van der Waals surface area contributed by atoms with Crippen molar-refractivity contribution >= 4 is 0 Å². The van der Waals surface area contributed by atoms with E-state index in [-0.39, 0.29) is 0 Å². The average Bonchev–Trinajstić information content (AvgIpc) is 2.80. The Morgan fingerprint density at radius 1 is 1.43 bits per heavy atom. The van der Waals surface area contributed by atoms with Crippen molar-refractivity contribution in [2.75, 3.05) is 6.54 Å². The Balaban J connectivity index is 1.83. The first-order chi connectivity index (χ1) is 6.61. The summed E-state index contributed by atoms with van der Waals surface area (Å²) in [6, 6.07) is 0. The maximum absolute atomic E-state index is 4.11. The van der Waals surface area contributed by atoms with Gasteiger partial charge in [0, 0.05) is 13.6 Å². The first-order valence-corrected chi connectivity index (χ1v) is 5.16. The van der Waals surface area contributed by atoms with E-state index < -0.39 is 0 Å². The van der Waals surface area contributed by atoms with Crippen molar-refractivity contribution in [3.63, 3.8) is 0 Å². The van der Waals surface area contributed by atoms with Crippen LogP contribution in [-0.4, -0.2) is 21.3 Å². The fourth-order valence-corrected chi connectivity index (χ4v) is 1.47. The van der Waals surface area contributed by atoms with Crippen LogP contribution in [0.2, 0.25) is 0 Å². The molecule has 0 aromatic carbocycles. The zero-order valence-electron chi connectivity index (χ0n) is 9.17. The van der Waals surface area contributed by atoms with Crippen LogP contribution in [-0.2, 0) is 13.6 Å². The minimum absolute atomic E-state index is 0.563. The molecule has 2 rings (SSSR count). The molecule has 1 aliphatic rings. The summed E-state index contributed by atoms with van der Waals surface area (Å²) in [4.78, 5) is 0. The number of hydrogen-bond acceptors (Lipinski definition) is 3. The van der Waals surface area contributed by atoms with Gasteiger partial charge in [-0.05, 0) is 25.2 Å². The fourth-order valence-electron chi connectivity index (χ4n) is 1.47. The molecule has 0 aliphatic heterocycles. The lowest BCUT2D eigenvalue weighted by atomic mass is 10.1. The molecule has 0 unspecified atom stereocenters. The third-order valence-corrected chi connectivity index (χ3v) is 3.12. The number of nitrogens with one attached hydrogen (secondary N) is 1. The lowest BCUT2D eigenvalue weighted by Gasteiger charge is -2.09. The summed E-state index contributed by atoms with van der Waals surface area (Å²) in [6.45, 7) is 6.21. The van der Waals surface area contributed by atoms with E-state index in [1.165, 1.54) is 12.8 Å². The highest BCUT2D eigenvalue weighted by atomic mass is 15.3. The fraction of sp³-hybridized carbons (Fsp3) is 0.800. The third kappa shape index (κ3) is 1.95. The number of hydrogen-bond donors (Lipinski definition) is 1. The average molecular weight is 194 g/mol. The molecule has 1 N–H and O–H groups in total. The van der Waals surface area contributed by atoms with Crippen LogP contribution in [0.3, 0.4) is 0 Å². The molecule has 0 atom stereocenters. The van der Waals surface area contributed by atoms with E-state index in [1.807, 2.05) is 18.5 Å². The third-order valence-electron chi connectivity index (χ3n) is 3.12. The van der Waals surface area contributed by atoms with Gasteiger partial charge in [-0.25, -0.2) is 0 Å². The highest BCUT2D eigenvalue weighted by molar-refractivity contribution is 4.94. The van der Waals surface area contributed by atoms with E-state index >= 15 is 0 Å². The molecule has 1 saturated carbocycles. The Hall–Kier alpha value is -0.900. The minimum atomic E-state index is 0.563. The van der Waals surface area contributed by atoms with Crippen LogP contribution in [0.25, 0.3) is 0 Å². The van der Waals surface area contributed by atoms with Gasteiger partial charge < -0.3 is 9.88 Å².